The number of hydrogen-bond donors (Lipinski definition) is 0. The maximum atomic E-state index is 13.2. The first-order valence-corrected chi connectivity index (χ1v) is 12.5. The molecule has 1 amide bonds. The highest BCUT2D eigenvalue weighted by Gasteiger charge is 2.28. The van der Waals surface area contributed by atoms with E-state index in [-0.39, 0.29) is 17.5 Å². The number of anilines is 1. The lowest BCUT2D eigenvalue weighted by Crippen LogP contribution is -2.47. The molecule has 2 saturated heterocycles. The van der Waals surface area contributed by atoms with Crippen LogP contribution in [0.1, 0.15) is 17.5 Å². The highest BCUT2D eigenvalue weighted by Crippen LogP contribution is 2.24. The molecule has 0 spiro atoms. The highest BCUT2D eigenvalue weighted by molar-refractivity contribution is 7.93. The lowest BCUT2D eigenvalue weighted by Gasteiger charge is -2.34. The third-order valence-corrected chi connectivity index (χ3v) is 8.01. The number of sulfonamides is 1. The monoisotopic (exact) mass is 477 g/mol. The van der Waals surface area contributed by atoms with Crippen molar-refractivity contribution in [3.63, 3.8) is 0 Å². The molecule has 0 bridgehead atoms. The zero-order valence-corrected chi connectivity index (χ0v) is 19.2. The summed E-state index contributed by atoms with van der Waals surface area (Å²) >= 11 is 6.12. The van der Waals surface area contributed by atoms with Crippen LogP contribution in [0.4, 0.5) is 10.1 Å². The molecule has 6 nitrogen and oxygen atoms in total. The Morgan fingerprint density at radius 3 is 2.38 bits per heavy atom. The lowest BCUT2D eigenvalue weighted by atomic mass is 10.1. The van der Waals surface area contributed by atoms with Gasteiger partial charge in [0.05, 0.1) is 11.4 Å². The largest absolute Gasteiger partial charge is 0.337 e. The molecular weight excluding hydrogens is 453 g/mol. The van der Waals surface area contributed by atoms with Gasteiger partial charge in [0.1, 0.15) is 5.82 Å². The Morgan fingerprint density at radius 2 is 1.75 bits per heavy atom. The van der Waals surface area contributed by atoms with E-state index in [4.69, 9.17) is 11.6 Å². The smallest absolute Gasteiger partial charge is 0.246 e. The van der Waals surface area contributed by atoms with Crippen LogP contribution in [0.5, 0.6) is 0 Å². The van der Waals surface area contributed by atoms with Crippen LogP contribution in [0.15, 0.2) is 48.5 Å². The Labute approximate surface area is 192 Å². The Kier molecular flexibility index (Phi) is 6.83. The van der Waals surface area contributed by atoms with E-state index in [9.17, 15) is 17.6 Å². The summed E-state index contributed by atoms with van der Waals surface area (Å²) < 4.78 is 38.7. The molecule has 2 fully saturated rings. The molecule has 32 heavy (non-hydrogen) atoms. The summed E-state index contributed by atoms with van der Waals surface area (Å²) in [6.07, 6.45) is 3.94. The van der Waals surface area contributed by atoms with Gasteiger partial charge in [-0.2, -0.15) is 0 Å². The Hall–Kier alpha value is -2.42. The van der Waals surface area contributed by atoms with Gasteiger partial charge in [0.25, 0.3) is 0 Å². The minimum atomic E-state index is -3.20. The van der Waals surface area contributed by atoms with Crippen molar-refractivity contribution in [1.29, 1.82) is 0 Å². The van der Waals surface area contributed by atoms with Crippen molar-refractivity contribution >= 4 is 39.3 Å². The second-order valence-electron chi connectivity index (χ2n) is 8.00. The highest BCUT2D eigenvalue weighted by atomic mass is 35.5. The van der Waals surface area contributed by atoms with E-state index in [2.05, 4.69) is 4.90 Å². The maximum absolute atomic E-state index is 13.2. The fraction of sp³-hybridized carbons (Fsp3) is 0.348. The third kappa shape index (κ3) is 5.31. The summed E-state index contributed by atoms with van der Waals surface area (Å²) in [5, 5.41) is 0.416. The van der Waals surface area contributed by atoms with Gasteiger partial charge in [-0.25, -0.2) is 12.8 Å². The summed E-state index contributed by atoms with van der Waals surface area (Å²) in [4.78, 5) is 16.5. The molecular formula is C23H25ClFN3O3S. The van der Waals surface area contributed by atoms with Gasteiger partial charge < -0.3 is 4.90 Å². The number of piperazine rings is 1. The van der Waals surface area contributed by atoms with E-state index >= 15 is 0 Å². The summed E-state index contributed by atoms with van der Waals surface area (Å²) in [5.74, 6) is -0.222. The fourth-order valence-electron chi connectivity index (χ4n) is 3.97. The second-order valence-corrected chi connectivity index (χ2v) is 10.4. The molecule has 170 valence electrons. The first kappa shape index (κ1) is 22.8. The van der Waals surface area contributed by atoms with E-state index in [0.717, 1.165) is 11.1 Å². The van der Waals surface area contributed by atoms with E-state index in [0.29, 0.717) is 56.4 Å². The van der Waals surface area contributed by atoms with Crippen molar-refractivity contribution < 1.29 is 17.6 Å². The molecule has 0 aromatic heterocycles. The van der Waals surface area contributed by atoms with Crippen molar-refractivity contribution in [2.24, 2.45) is 0 Å². The van der Waals surface area contributed by atoms with Crippen LogP contribution in [0.3, 0.4) is 0 Å². The Bertz CT molecular complexity index is 1110. The lowest BCUT2D eigenvalue weighted by molar-refractivity contribution is -0.127. The van der Waals surface area contributed by atoms with Gasteiger partial charge in [0, 0.05) is 50.4 Å². The van der Waals surface area contributed by atoms with E-state index in [1.54, 1.807) is 35.3 Å². The molecule has 9 heteroatoms. The van der Waals surface area contributed by atoms with E-state index in [1.807, 2.05) is 12.1 Å². The zero-order chi connectivity index (χ0) is 22.7. The third-order valence-electron chi connectivity index (χ3n) is 5.79. The van der Waals surface area contributed by atoms with Gasteiger partial charge in [-0.1, -0.05) is 29.8 Å². The van der Waals surface area contributed by atoms with Crippen LogP contribution in [0.2, 0.25) is 5.02 Å². The van der Waals surface area contributed by atoms with Gasteiger partial charge in [-0.15, -0.1) is 0 Å². The predicted octanol–water partition coefficient (Wildman–Crippen LogP) is 3.38. The number of carbonyl (C=O) groups is 1. The molecule has 2 aliphatic rings. The first-order chi connectivity index (χ1) is 15.3. The predicted molar refractivity (Wildman–Crippen MR) is 124 cm³/mol. The normalized spacial score (nSPS) is 19.1. The molecule has 0 radical (unpaired) electrons. The number of halogens is 2. The van der Waals surface area contributed by atoms with E-state index in [1.165, 1.54) is 16.4 Å². The first-order valence-electron chi connectivity index (χ1n) is 10.6. The molecule has 0 N–H and O–H groups in total. The quantitative estimate of drug-likeness (QED) is 0.619. The second kappa shape index (κ2) is 9.60. The molecule has 2 aromatic carbocycles. The number of hydrogen-bond acceptors (Lipinski definition) is 4. The van der Waals surface area contributed by atoms with Crippen molar-refractivity contribution in [2.75, 3.05) is 42.8 Å². The van der Waals surface area contributed by atoms with Crippen molar-refractivity contribution in [2.45, 2.75) is 13.0 Å². The molecule has 4 rings (SSSR count). The van der Waals surface area contributed by atoms with Gasteiger partial charge in [0.2, 0.25) is 15.9 Å². The average molecular weight is 478 g/mol. The number of nitrogens with zero attached hydrogens (tertiary/aromatic N) is 3. The van der Waals surface area contributed by atoms with Crippen LogP contribution in [0.25, 0.3) is 6.08 Å². The standard InChI is InChI=1S/C23H25ClFN3O3S/c24-22-16-20(25)6-5-19(22)17-26-11-13-27(14-12-26)23(29)9-4-18-2-7-21(8-3-18)28-10-1-15-32(28,30)31/h2-9,16H,1,10-15,17H2/b9-4+. The van der Waals surface area contributed by atoms with Gasteiger partial charge >= 0.3 is 0 Å². The number of amides is 1. The number of carbonyl (C=O) groups excluding carboxylic acids is 1. The molecule has 2 aromatic rings. The summed E-state index contributed by atoms with van der Waals surface area (Å²) in [6, 6.07) is 11.6. The molecule has 0 atom stereocenters. The van der Waals surface area contributed by atoms with Crippen molar-refractivity contribution in [3.8, 4) is 0 Å². The number of benzene rings is 2. The van der Waals surface area contributed by atoms with Crippen LogP contribution in [-0.4, -0.2) is 62.6 Å². The van der Waals surface area contributed by atoms with Crippen LogP contribution in [-0.2, 0) is 21.4 Å². The summed E-state index contributed by atoms with van der Waals surface area (Å²) in [6.45, 7) is 3.77. The fourth-order valence-corrected chi connectivity index (χ4v) is 5.76. The van der Waals surface area contributed by atoms with Crippen LogP contribution in [0, 0.1) is 5.82 Å². The Morgan fingerprint density at radius 1 is 1.03 bits per heavy atom. The molecule has 0 unspecified atom stereocenters. The summed E-state index contributed by atoms with van der Waals surface area (Å²) in [7, 11) is -3.20. The van der Waals surface area contributed by atoms with Crippen molar-refractivity contribution in [1.82, 2.24) is 9.80 Å². The SMILES string of the molecule is O=C(/C=C/c1ccc(N2CCCS2(=O)=O)cc1)N1CCN(Cc2ccc(F)cc2Cl)CC1. The zero-order valence-electron chi connectivity index (χ0n) is 17.6. The Balaban J connectivity index is 1.29. The van der Waals surface area contributed by atoms with E-state index < -0.39 is 10.0 Å². The van der Waals surface area contributed by atoms with Gasteiger partial charge in [-0.05, 0) is 47.9 Å². The van der Waals surface area contributed by atoms with Gasteiger partial charge in [-0.3, -0.25) is 14.0 Å². The minimum absolute atomic E-state index is 0.0596. The van der Waals surface area contributed by atoms with Crippen molar-refractivity contribution in [3.05, 3.63) is 70.5 Å². The molecule has 0 aliphatic carbocycles. The maximum Gasteiger partial charge on any atom is 0.246 e. The molecule has 0 saturated carbocycles. The summed E-state index contributed by atoms with van der Waals surface area (Å²) in [5.41, 5.74) is 2.37. The number of rotatable bonds is 5. The van der Waals surface area contributed by atoms with Crippen LogP contribution < -0.4 is 4.31 Å². The average Bonchev–Trinajstić information content (AvgIpc) is 3.14. The van der Waals surface area contributed by atoms with Crippen LogP contribution >= 0.6 is 11.6 Å². The minimum Gasteiger partial charge on any atom is -0.337 e. The molecule has 2 aliphatic heterocycles. The molecule has 2 heterocycles. The topological polar surface area (TPSA) is 60.9 Å². The van der Waals surface area contributed by atoms with Gasteiger partial charge in [0.15, 0.2) is 0 Å².